The summed E-state index contributed by atoms with van der Waals surface area (Å²) in [5.74, 6) is 0. The number of benzene rings is 1. The summed E-state index contributed by atoms with van der Waals surface area (Å²) in [4.78, 5) is 8.69. The third-order valence-corrected chi connectivity index (χ3v) is 4.20. The molecule has 1 aromatic carbocycles. The number of hydrogen-bond donors (Lipinski definition) is 0. The number of hydrogen-bond acceptors (Lipinski definition) is 2. The predicted octanol–water partition coefficient (Wildman–Crippen LogP) is 4.14. The minimum atomic E-state index is 0.505. The Bertz CT molecular complexity index is 969. The Kier molecular flexibility index (Phi) is 3.39. The van der Waals surface area contributed by atoms with Crippen molar-refractivity contribution in [3.05, 3.63) is 71.8 Å². The van der Waals surface area contributed by atoms with Gasteiger partial charge in [-0.1, -0.05) is 41.9 Å². The summed E-state index contributed by atoms with van der Waals surface area (Å²) in [6.07, 6.45) is 3.68. The lowest BCUT2D eigenvalue weighted by atomic mass is 10.2. The van der Waals surface area contributed by atoms with Gasteiger partial charge < -0.3 is 9.13 Å². The summed E-state index contributed by atoms with van der Waals surface area (Å²) in [6, 6.07) is 16.3. The van der Waals surface area contributed by atoms with Crippen molar-refractivity contribution in [2.24, 2.45) is 7.05 Å². The van der Waals surface area contributed by atoms with Crippen molar-refractivity contribution in [2.45, 2.75) is 6.54 Å². The van der Waals surface area contributed by atoms with Crippen molar-refractivity contribution in [1.82, 2.24) is 19.1 Å². The second-order valence-electron chi connectivity index (χ2n) is 5.53. The van der Waals surface area contributed by atoms with E-state index in [9.17, 15) is 0 Å². The van der Waals surface area contributed by atoms with Gasteiger partial charge in [-0.2, -0.15) is 0 Å². The molecule has 0 unspecified atom stereocenters. The maximum Gasteiger partial charge on any atom is 0.129 e. The van der Waals surface area contributed by atoms with Crippen LogP contribution in [-0.2, 0) is 13.6 Å². The molecule has 0 fully saturated rings. The van der Waals surface area contributed by atoms with E-state index in [2.05, 4.69) is 44.9 Å². The molecule has 5 heteroatoms. The Morgan fingerprint density at radius 3 is 2.61 bits per heavy atom. The minimum Gasteiger partial charge on any atom is -0.333 e. The molecule has 23 heavy (non-hydrogen) atoms. The maximum atomic E-state index is 6.06. The van der Waals surface area contributed by atoms with Crippen LogP contribution in [0.5, 0.6) is 0 Å². The van der Waals surface area contributed by atoms with E-state index in [1.165, 1.54) is 5.56 Å². The van der Waals surface area contributed by atoms with Gasteiger partial charge in [0.1, 0.15) is 5.15 Å². The lowest BCUT2D eigenvalue weighted by Crippen LogP contribution is -2.03. The van der Waals surface area contributed by atoms with Gasteiger partial charge in [0, 0.05) is 13.6 Å². The summed E-state index contributed by atoms with van der Waals surface area (Å²) in [6.45, 7) is 0.772. The van der Waals surface area contributed by atoms with E-state index in [0.29, 0.717) is 5.15 Å². The van der Waals surface area contributed by atoms with Crippen LogP contribution in [0.1, 0.15) is 5.56 Å². The van der Waals surface area contributed by atoms with Crippen molar-refractivity contribution in [3.63, 3.8) is 0 Å². The molecule has 0 N–H and O–H groups in total. The fourth-order valence-corrected chi connectivity index (χ4v) is 3.02. The highest BCUT2D eigenvalue weighted by molar-refractivity contribution is 6.29. The smallest absolute Gasteiger partial charge is 0.129 e. The predicted molar refractivity (Wildman–Crippen MR) is 92.5 cm³/mol. The lowest BCUT2D eigenvalue weighted by Gasteiger charge is -2.11. The van der Waals surface area contributed by atoms with Crippen molar-refractivity contribution >= 4 is 22.6 Å². The van der Waals surface area contributed by atoms with E-state index in [-0.39, 0.29) is 0 Å². The molecule has 0 spiro atoms. The molecular formula is C18H15ClN4. The number of nitrogens with zero attached hydrogens (tertiary/aromatic N) is 4. The van der Waals surface area contributed by atoms with E-state index in [0.717, 1.165) is 29.0 Å². The zero-order valence-corrected chi connectivity index (χ0v) is 13.4. The molecule has 4 rings (SSSR count). The number of rotatable bonds is 3. The number of imidazole rings is 1. The van der Waals surface area contributed by atoms with E-state index >= 15 is 0 Å². The summed E-state index contributed by atoms with van der Waals surface area (Å²) in [5, 5.41) is 0.505. The average Bonchev–Trinajstić information content (AvgIpc) is 3.12. The number of pyridine rings is 1. The molecule has 3 aromatic heterocycles. The van der Waals surface area contributed by atoms with Gasteiger partial charge >= 0.3 is 0 Å². The quantitative estimate of drug-likeness (QED) is 0.531. The normalized spacial score (nSPS) is 11.2. The average molecular weight is 323 g/mol. The summed E-state index contributed by atoms with van der Waals surface area (Å²) < 4.78 is 4.27. The van der Waals surface area contributed by atoms with Gasteiger partial charge in [-0.15, -0.1) is 0 Å². The van der Waals surface area contributed by atoms with E-state index < -0.39 is 0 Å². The number of fused-ring (bicyclic) bond motifs is 1. The fraction of sp³-hybridized carbons (Fsp3) is 0.111. The zero-order chi connectivity index (χ0) is 15.8. The first-order valence-electron chi connectivity index (χ1n) is 7.39. The van der Waals surface area contributed by atoms with Gasteiger partial charge in [0.2, 0.25) is 0 Å². The Morgan fingerprint density at radius 1 is 1.04 bits per heavy atom. The van der Waals surface area contributed by atoms with Gasteiger partial charge in [0.15, 0.2) is 0 Å². The molecule has 0 aliphatic rings. The third-order valence-electron chi connectivity index (χ3n) is 3.99. The summed E-state index contributed by atoms with van der Waals surface area (Å²) >= 11 is 6.06. The SMILES string of the molecule is Cn1cncc1-c1cc2nc(Cl)ccc2n1Cc1ccccc1. The molecule has 0 saturated carbocycles. The molecule has 0 amide bonds. The Hall–Kier alpha value is -2.59. The van der Waals surface area contributed by atoms with E-state index in [1.807, 2.05) is 36.0 Å². The van der Waals surface area contributed by atoms with Crippen LogP contribution in [0.15, 0.2) is 61.1 Å². The molecule has 0 atom stereocenters. The van der Waals surface area contributed by atoms with Crippen LogP contribution >= 0.6 is 11.6 Å². The Labute approximate surface area is 139 Å². The van der Waals surface area contributed by atoms with Crippen LogP contribution in [0.2, 0.25) is 5.15 Å². The van der Waals surface area contributed by atoms with Crippen molar-refractivity contribution in [2.75, 3.05) is 0 Å². The van der Waals surface area contributed by atoms with Gasteiger partial charge in [-0.05, 0) is 23.8 Å². The standard InChI is InChI=1S/C18H15ClN4/c1-22-12-20-10-17(22)16-9-14-15(7-8-18(19)21-14)23(16)11-13-5-3-2-4-6-13/h2-10,12H,11H2,1H3. The van der Waals surface area contributed by atoms with Crippen molar-refractivity contribution < 1.29 is 0 Å². The number of halogens is 1. The first-order chi connectivity index (χ1) is 11.2. The molecule has 4 aromatic rings. The van der Waals surface area contributed by atoms with Crippen LogP contribution in [0, 0.1) is 0 Å². The van der Waals surface area contributed by atoms with Crippen LogP contribution in [0.3, 0.4) is 0 Å². The topological polar surface area (TPSA) is 35.6 Å². The summed E-state index contributed by atoms with van der Waals surface area (Å²) in [5.41, 5.74) is 5.33. The highest BCUT2D eigenvalue weighted by Gasteiger charge is 2.14. The highest BCUT2D eigenvalue weighted by Crippen LogP contribution is 2.28. The maximum absolute atomic E-state index is 6.06. The molecule has 4 nitrogen and oxygen atoms in total. The number of aromatic nitrogens is 4. The van der Waals surface area contributed by atoms with Crippen LogP contribution in [0.25, 0.3) is 22.4 Å². The van der Waals surface area contributed by atoms with Crippen LogP contribution in [0.4, 0.5) is 0 Å². The Morgan fingerprint density at radius 2 is 1.87 bits per heavy atom. The first-order valence-corrected chi connectivity index (χ1v) is 7.76. The van der Waals surface area contributed by atoms with E-state index in [4.69, 9.17) is 11.6 Å². The fourth-order valence-electron chi connectivity index (χ4n) is 2.87. The second-order valence-corrected chi connectivity index (χ2v) is 5.92. The van der Waals surface area contributed by atoms with Gasteiger partial charge in [-0.3, -0.25) is 0 Å². The largest absolute Gasteiger partial charge is 0.333 e. The molecular weight excluding hydrogens is 308 g/mol. The van der Waals surface area contributed by atoms with Gasteiger partial charge in [0.05, 0.1) is 34.9 Å². The lowest BCUT2D eigenvalue weighted by molar-refractivity contribution is 0.826. The first kappa shape index (κ1) is 14.0. The van der Waals surface area contributed by atoms with Crippen LogP contribution < -0.4 is 0 Å². The molecule has 0 aliphatic heterocycles. The number of aryl methyl sites for hydroxylation is 1. The molecule has 0 saturated heterocycles. The van der Waals surface area contributed by atoms with E-state index in [1.54, 1.807) is 6.33 Å². The van der Waals surface area contributed by atoms with Gasteiger partial charge in [0.25, 0.3) is 0 Å². The zero-order valence-electron chi connectivity index (χ0n) is 12.6. The highest BCUT2D eigenvalue weighted by atomic mass is 35.5. The molecule has 3 heterocycles. The minimum absolute atomic E-state index is 0.505. The summed E-state index contributed by atoms with van der Waals surface area (Å²) in [7, 11) is 1.99. The molecule has 114 valence electrons. The molecule has 0 aliphatic carbocycles. The third kappa shape index (κ3) is 2.51. The monoisotopic (exact) mass is 322 g/mol. The van der Waals surface area contributed by atoms with Crippen molar-refractivity contribution in [3.8, 4) is 11.4 Å². The molecule has 0 radical (unpaired) electrons. The van der Waals surface area contributed by atoms with Gasteiger partial charge in [-0.25, -0.2) is 9.97 Å². The Balaban J connectivity index is 1.94. The second kappa shape index (κ2) is 5.56. The molecule has 0 bridgehead atoms. The van der Waals surface area contributed by atoms with Crippen molar-refractivity contribution in [1.29, 1.82) is 0 Å². The van der Waals surface area contributed by atoms with Crippen LogP contribution in [-0.4, -0.2) is 19.1 Å².